The van der Waals surface area contributed by atoms with Crippen molar-refractivity contribution < 1.29 is 27.9 Å². The van der Waals surface area contributed by atoms with Gasteiger partial charge in [-0.1, -0.05) is 19.1 Å². The Morgan fingerprint density at radius 2 is 1.92 bits per heavy atom. The third kappa shape index (κ3) is 5.75. The van der Waals surface area contributed by atoms with Crippen LogP contribution in [0, 0.1) is 5.92 Å². The molecule has 1 N–H and O–H groups in total. The van der Waals surface area contributed by atoms with Crippen LogP contribution in [-0.4, -0.2) is 35.0 Å². The summed E-state index contributed by atoms with van der Waals surface area (Å²) in [4.78, 5) is 25.0. The maximum absolute atomic E-state index is 12.6. The molecule has 1 aromatic carbocycles. The van der Waals surface area contributed by atoms with Crippen molar-refractivity contribution >= 4 is 11.9 Å². The first-order valence-electron chi connectivity index (χ1n) is 8.83. The highest BCUT2D eigenvalue weighted by Gasteiger charge is 2.30. The van der Waals surface area contributed by atoms with Gasteiger partial charge in [0.1, 0.15) is 0 Å². The van der Waals surface area contributed by atoms with Crippen LogP contribution in [0.25, 0.3) is 0 Å². The predicted molar refractivity (Wildman–Crippen MR) is 90.6 cm³/mol. The van der Waals surface area contributed by atoms with Gasteiger partial charge in [-0.3, -0.25) is 9.59 Å². The predicted octanol–water partition coefficient (Wildman–Crippen LogP) is 4.30. The summed E-state index contributed by atoms with van der Waals surface area (Å²) in [7, 11) is 0. The van der Waals surface area contributed by atoms with E-state index in [0.717, 1.165) is 25.0 Å². The van der Waals surface area contributed by atoms with Gasteiger partial charge < -0.3 is 10.0 Å². The number of amides is 1. The standard InChI is InChI=1S/C19H24F3NO3/c1-13(15-5-7-16(8-6-15)19(20,21)22)11-17(24)23-10-2-3-14(12-23)4-9-18(25)26/h5-8,13-14H,2-4,9-12H2,1H3,(H,25,26). The molecule has 0 aromatic heterocycles. The fourth-order valence-corrected chi connectivity index (χ4v) is 3.36. The minimum Gasteiger partial charge on any atom is -0.481 e. The van der Waals surface area contributed by atoms with Crippen LogP contribution < -0.4 is 0 Å². The van der Waals surface area contributed by atoms with Crippen molar-refractivity contribution in [2.24, 2.45) is 5.92 Å². The molecule has 2 atom stereocenters. The molecule has 4 nitrogen and oxygen atoms in total. The largest absolute Gasteiger partial charge is 0.481 e. The van der Waals surface area contributed by atoms with E-state index in [1.54, 1.807) is 4.90 Å². The van der Waals surface area contributed by atoms with Gasteiger partial charge in [-0.15, -0.1) is 0 Å². The number of benzene rings is 1. The van der Waals surface area contributed by atoms with E-state index >= 15 is 0 Å². The molecule has 0 bridgehead atoms. The number of alkyl halides is 3. The molecule has 26 heavy (non-hydrogen) atoms. The zero-order valence-electron chi connectivity index (χ0n) is 14.8. The van der Waals surface area contributed by atoms with Gasteiger partial charge in [0.25, 0.3) is 0 Å². The number of rotatable bonds is 6. The Labute approximate surface area is 151 Å². The lowest BCUT2D eigenvalue weighted by atomic mass is 9.92. The Bertz CT molecular complexity index is 628. The van der Waals surface area contributed by atoms with Gasteiger partial charge >= 0.3 is 12.1 Å². The molecule has 1 aliphatic heterocycles. The van der Waals surface area contributed by atoms with Crippen molar-refractivity contribution in [3.05, 3.63) is 35.4 Å². The Morgan fingerprint density at radius 1 is 1.27 bits per heavy atom. The van der Waals surface area contributed by atoms with Crippen molar-refractivity contribution in [2.45, 2.75) is 51.1 Å². The van der Waals surface area contributed by atoms with E-state index in [2.05, 4.69) is 0 Å². The Hall–Kier alpha value is -2.05. The average Bonchev–Trinajstić information content (AvgIpc) is 2.59. The lowest BCUT2D eigenvalue weighted by Gasteiger charge is -2.33. The van der Waals surface area contributed by atoms with Crippen molar-refractivity contribution in [3.8, 4) is 0 Å². The van der Waals surface area contributed by atoms with Gasteiger partial charge in [0, 0.05) is 25.9 Å². The Kier molecular flexibility index (Phi) is 6.67. The smallest absolute Gasteiger partial charge is 0.416 e. The van der Waals surface area contributed by atoms with Crippen molar-refractivity contribution in [3.63, 3.8) is 0 Å². The Balaban J connectivity index is 1.90. The summed E-state index contributed by atoms with van der Waals surface area (Å²) in [5.41, 5.74) is 0.00265. The third-order valence-corrected chi connectivity index (χ3v) is 4.93. The number of carboxylic acid groups (broad SMARTS) is 1. The maximum atomic E-state index is 12.6. The lowest BCUT2D eigenvalue weighted by molar-refractivity contribution is -0.138. The van der Waals surface area contributed by atoms with E-state index < -0.39 is 17.7 Å². The maximum Gasteiger partial charge on any atom is 0.416 e. The van der Waals surface area contributed by atoms with Crippen LogP contribution in [0.3, 0.4) is 0 Å². The molecule has 2 rings (SSSR count). The average molecular weight is 371 g/mol. The first-order valence-corrected chi connectivity index (χ1v) is 8.83. The van der Waals surface area contributed by atoms with Gasteiger partial charge in [0.15, 0.2) is 0 Å². The number of hydrogen-bond acceptors (Lipinski definition) is 2. The van der Waals surface area contributed by atoms with Crippen molar-refractivity contribution in [1.82, 2.24) is 4.90 Å². The zero-order valence-corrected chi connectivity index (χ0v) is 14.8. The normalized spacial score (nSPS) is 19.2. The molecular formula is C19H24F3NO3. The molecule has 1 aliphatic rings. The number of aliphatic carboxylic acids is 1. The first-order chi connectivity index (χ1) is 12.2. The van der Waals surface area contributed by atoms with E-state index in [1.165, 1.54) is 12.1 Å². The molecular weight excluding hydrogens is 347 g/mol. The van der Waals surface area contributed by atoms with E-state index in [4.69, 9.17) is 5.11 Å². The number of carboxylic acids is 1. The molecule has 144 valence electrons. The van der Waals surface area contributed by atoms with Crippen molar-refractivity contribution in [1.29, 1.82) is 0 Å². The molecule has 1 amide bonds. The molecule has 7 heteroatoms. The van der Waals surface area contributed by atoms with Crippen LogP contribution in [-0.2, 0) is 15.8 Å². The SMILES string of the molecule is CC(CC(=O)N1CCCC(CCC(=O)O)C1)c1ccc(C(F)(F)F)cc1. The van der Waals surface area contributed by atoms with E-state index in [1.807, 2.05) is 6.92 Å². The highest BCUT2D eigenvalue weighted by atomic mass is 19.4. The fraction of sp³-hybridized carbons (Fsp3) is 0.579. The summed E-state index contributed by atoms with van der Waals surface area (Å²) in [6.45, 7) is 3.04. The fourth-order valence-electron chi connectivity index (χ4n) is 3.36. The monoisotopic (exact) mass is 371 g/mol. The van der Waals surface area contributed by atoms with Crippen LogP contribution >= 0.6 is 0 Å². The quantitative estimate of drug-likeness (QED) is 0.811. The number of likely N-dealkylation sites (tertiary alicyclic amines) is 1. The molecule has 0 radical (unpaired) electrons. The zero-order chi connectivity index (χ0) is 19.3. The van der Waals surface area contributed by atoms with Crippen LogP contribution in [0.5, 0.6) is 0 Å². The van der Waals surface area contributed by atoms with Crippen LogP contribution in [0.1, 0.15) is 56.1 Å². The second kappa shape index (κ2) is 8.56. The van der Waals surface area contributed by atoms with Gasteiger partial charge in [-0.2, -0.15) is 13.2 Å². The molecule has 0 saturated carbocycles. The Morgan fingerprint density at radius 3 is 2.50 bits per heavy atom. The number of piperidine rings is 1. The number of carbonyl (C=O) groups excluding carboxylic acids is 1. The third-order valence-electron chi connectivity index (χ3n) is 4.93. The second-order valence-corrected chi connectivity index (χ2v) is 7.01. The summed E-state index contributed by atoms with van der Waals surface area (Å²) in [6.07, 6.45) is -1.69. The highest BCUT2D eigenvalue weighted by molar-refractivity contribution is 5.77. The van der Waals surface area contributed by atoms with E-state index in [0.29, 0.717) is 25.1 Å². The molecule has 2 unspecified atom stereocenters. The highest BCUT2D eigenvalue weighted by Crippen LogP contribution is 2.31. The molecule has 1 saturated heterocycles. The topological polar surface area (TPSA) is 57.6 Å². The van der Waals surface area contributed by atoms with Crippen LogP contribution in [0.15, 0.2) is 24.3 Å². The van der Waals surface area contributed by atoms with Crippen molar-refractivity contribution in [2.75, 3.05) is 13.1 Å². The number of nitrogens with zero attached hydrogens (tertiary/aromatic N) is 1. The molecule has 0 spiro atoms. The minimum atomic E-state index is -4.36. The summed E-state index contributed by atoms with van der Waals surface area (Å²) < 4.78 is 37.9. The number of halogens is 3. The summed E-state index contributed by atoms with van der Waals surface area (Å²) in [6, 6.07) is 4.93. The van der Waals surface area contributed by atoms with E-state index in [9.17, 15) is 22.8 Å². The van der Waals surface area contributed by atoms with Gasteiger partial charge in [0.05, 0.1) is 5.56 Å². The second-order valence-electron chi connectivity index (χ2n) is 7.01. The van der Waals surface area contributed by atoms with E-state index in [-0.39, 0.29) is 30.6 Å². The number of carbonyl (C=O) groups is 2. The number of hydrogen-bond donors (Lipinski definition) is 1. The first kappa shape index (κ1) is 20.3. The molecule has 1 fully saturated rings. The summed E-state index contributed by atoms with van der Waals surface area (Å²) in [5, 5.41) is 8.78. The molecule has 0 aliphatic carbocycles. The van der Waals surface area contributed by atoms with Gasteiger partial charge in [-0.25, -0.2) is 0 Å². The summed E-state index contributed by atoms with van der Waals surface area (Å²) >= 11 is 0. The van der Waals surface area contributed by atoms with Gasteiger partial charge in [0.2, 0.25) is 5.91 Å². The molecule has 1 heterocycles. The van der Waals surface area contributed by atoms with Crippen LogP contribution in [0.4, 0.5) is 13.2 Å². The van der Waals surface area contributed by atoms with Crippen LogP contribution in [0.2, 0.25) is 0 Å². The minimum absolute atomic E-state index is 0.0302. The van der Waals surface area contributed by atoms with Gasteiger partial charge in [-0.05, 0) is 48.8 Å². The lowest BCUT2D eigenvalue weighted by Crippen LogP contribution is -2.40. The molecule has 1 aromatic rings. The summed E-state index contributed by atoms with van der Waals surface area (Å²) in [5.74, 6) is -0.837.